The molecule has 0 rings (SSSR count). The molecular weight excluding hydrogens is 276 g/mol. The van der Waals surface area contributed by atoms with E-state index in [2.05, 4.69) is 24.5 Å². The van der Waals surface area contributed by atoms with Gasteiger partial charge in [-0.25, -0.2) is 9.59 Å². The van der Waals surface area contributed by atoms with Gasteiger partial charge in [0.15, 0.2) is 0 Å². The van der Waals surface area contributed by atoms with Crippen LogP contribution in [0.25, 0.3) is 0 Å². The van der Waals surface area contributed by atoms with Crippen molar-refractivity contribution in [3.05, 3.63) is 0 Å². The number of aliphatic carboxylic acids is 1. The van der Waals surface area contributed by atoms with E-state index in [0.29, 0.717) is 18.1 Å². The lowest BCUT2D eigenvalue weighted by atomic mass is 10.0. The number of carbonyl (C=O) groups excluding carboxylic acids is 1. The summed E-state index contributed by atoms with van der Waals surface area (Å²) >= 11 is 1.57. The summed E-state index contributed by atoms with van der Waals surface area (Å²) in [6, 6.07) is -1.15. The fraction of sp³-hybridized carbons (Fsp3) is 0.857. The molecule has 2 atom stereocenters. The number of urea groups is 1. The summed E-state index contributed by atoms with van der Waals surface area (Å²) in [7, 11) is 0. The summed E-state index contributed by atoms with van der Waals surface area (Å²) in [6.45, 7) is 6.29. The maximum Gasteiger partial charge on any atom is 0.326 e. The van der Waals surface area contributed by atoms with Crippen LogP contribution in [0, 0.1) is 5.92 Å². The molecule has 0 aliphatic rings. The minimum Gasteiger partial charge on any atom is -0.480 e. The number of rotatable bonds is 10. The van der Waals surface area contributed by atoms with E-state index >= 15 is 0 Å². The molecule has 5 nitrogen and oxygen atoms in total. The molecule has 3 N–H and O–H groups in total. The topological polar surface area (TPSA) is 78.4 Å². The summed E-state index contributed by atoms with van der Waals surface area (Å²) in [5.41, 5.74) is 0. The van der Waals surface area contributed by atoms with Crippen LogP contribution in [0.3, 0.4) is 0 Å². The van der Waals surface area contributed by atoms with Gasteiger partial charge in [0, 0.05) is 6.04 Å². The zero-order chi connectivity index (χ0) is 15.5. The molecule has 6 heteroatoms. The highest BCUT2D eigenvalue weighted by atomic mass is 32.2. The third kappa shape index (κ3) is 9.95. The Morgan fingerprint density at radius 1 is 1.10 bits per heavy atom. The first-order valence-electron chi connectivity index (χ1n) is 7.15. The number of carbonyl (C=O) groups is 2. The second-order valence-corrected chi connectivity index (χ2v) is 6.50. The molecule has 0 aliphatic heterocycles. The highest BCUT2D eigenvalue weighted by molar-refractivity contribution is 7.98. The number of carboxylic acid groups (broad SMARTS) is 1. The molecule has 0 heterocycles. The fourth-order valence-electron chi connectivity index (χ4n) is 1.82. The van der Waals surface area contributed by atoms with Crippen LogP contribution in [-0.4, -0.2) is 41.2 Å². The SMILES string of the molecule is CSCC[C@@H](NC(=O)NC(C)CCCC(C)C)C(=O)O. The van der Waals surface area contributed by atoms with Crippen LogP contribution in [0.5, 0.6) is 0 Å². The number of carboxylic acids is 1. The first kappa shape index (κ1) is 19.1. The molecule has 0 bridgehead atoms. The lowest BCUT2D eigenvalue weighted by molar-refractivity contribution is -0.139. The number of nitrogens with one attached hydrogen (secondary N) is 2. The average molecular weight is 304 g/mol. The van der Waals surface area contributed by atoms with Crippen LogP contribution in [0.4, 0.5) is 4.79 Å². The third-order valence-corrected chi connectivity index (χ3v) is 3.65. The predicted molar refractivity (Wildman–Crippen MR) is 84.2 cm³/mol. The van der Waals surface area contributed by atoms with E-state index in [1.807, 2.05) is 13.2 Å². The average Bonchev–Trinajstić information content (AvgIpc) is 2.33. The molecule has 0 aromatic carbocycles. The van der Waals surface area contributed by atoms with Crippen molar-refractivity contribution in [2.75, 3.05) is 12.0 Å². The monoisotopic (exact) mass is 304 g/mol. The van der Waals surface area contributed by atoms with E-state index in [9.17, 15) is 9.59 Å². The lowest BCUT2D eigenvalue weighted by Crippen LogP contribution is -2.48. The summed E-state index contributed by atoms with van der Waals surface area (Å²) in [6.07, 6.45) is 5.46. The largest absolute Gasteiger partial charge is 0.480 e. The first-order valence-corrected chi connectivity index (χ1v) is 8.55. The summed E-state index contributed by atoms with van der Waals surface area (Å²) in [4.78, 5) is 22.8. The molecule has 0 aliphatic carbocycles. The Morgan fingerprint density at radius 3 is 2.25 bits per heavy atom. The van der Waals surface area contributed by atoms with Gasteiger partial charge in [-0.2, -0.15) is 11.8 Å². The van der Waals surface area contributed by atoms with Crippen LogP contribution in [0.2, 0.25) is 0 Å². The Balaban J connectivity index is 4.01. The van der Waals surface area contributed by atoms with Crippen LogP contribution in [0.1, 0.15) is 46.5 Å². The van der Waals surface area contributed by atoms with E-state index in [0.717, 1.165) is 19.3 Å². The van der Waals surface area contributed by atoms with E-state index in [1.54, 1.807) is 11.8 Å². The maximum absolute atomic E-state index is 11.7. The highest BCUT2D eigenvalue weighted by Gasteiger charge is 2.19. The third-order valence-electron chi connectivity index (χ3n) is 3.01. The van der Waals surface area contributed by atoms with Crippen molar-refractivity contribution in [3.8, 4) is 0 Å². The Hall–Kier alpha value is -0.910. The van der Waals surface area contributed by atoms with Gasteiger partial charge in [-0.05, 0) is 37.7 Å². The molecule has 0 saturated carbocycles. The van der Waals surface area contributed by atoms with Crippen LogP contribution < -0.4 is 10.6 Å². The van der Waals surface area contributed by atoms with Gasteiger partial charge in [-0.1, -0.05) is 26.7 Å². The molecule has 118 valence electrons. The number of hydrogen-bond acceptors (Lipinski definition) is 3. The molecule has 2 amide bonds. The molecule has 0 spiro atoms. The normalized spacial score (nSPS) is 13.8. The molecule has 0 radical (unpaired) electrons. The number of thioether (sulfide) groups is 1. The van der Waals surface area contributed by atoms with Crippen LogP contribution in [0.15, 0.2) is 0 Å². The van der Waals surface area contributed by atoms with Crippen LogP contribution in [-0.2, 0) is 4.79 Å². The van der Waals surface area contributed by atoms with Crippen molar-refractivity contribution < 1.29 is 14.7 Å². The number of hydrogen-bond donors (Lipinski definition) is 3. The summed E-state index contributed by atoms with van der Waals surface area (Å²) in [5, 5.41) is 14.3. The molecule has 0 saturated heterocycles. The van der Waals surface area contributed by atoms with Crippen molar-refractivity contribution in [1.29, 1.82) is 0 Å². The van der Waals surface area contributed by atoms with Gasteiger partial charge in [-0.3, -0.25) is 0 Å². The minimum absolute atomic E-state index is 0.0590. The Bertz CT molecular complexity index is 298. The van der Waals surface area contributed by atoms with Gasteiger partial charge in [0.05, 0.1) is 0 Å². The van der Waals surface area contributed by atoms with Crippen LogP contribution >= 0.6 is 11.8 Å². The van der Waals surface area contributed by atoms with Gasteiger partial charge in [-0.15, -0.1) is 0 Å². The molecule has 1 unspecified atom stereocenters. The maximum atomic E-state index is 11.7. The lowest BCUT2D eigenvalue weighted by Gasteiger charge is -2.18. The van der Waals surface area contributed by atoms with Gasteiger partial charge in [0.25, 0.3) is 0 Å². The van der Waals surface area contributed by atoms with Crippen molar-refractivity contribution in [2.24, 2.45) is 5.92 Å². The molecule has 0 aromatic rings. The Morgan fingerprint density at radius 2 is 1.75 bits per heavy atom. The second-order valence-electron chi connectivity index (χ2n) is 5.52. The molecule has 20 heavy (non-hydrogen) atoms. The summed E-state index contributed by atoms with van der Waals surface area (Å²) < 4.78 is 0. The number of amides is 2. The van der Waals surface area contributed by atoms with E-state index in [1.165, 1.54) is 0 Å². The summed E-state index contributed by atoms with van der Waals surface area (Å²) in [5.74, 6) is 0.391. The quantitative estimate of drug-likeness (QED) is 0.580. The predicted octanol–water partition coefficient (Wildman–Crippen LogP) is 2.71. The highest BCUT2D eigenvalue weighted by Crippen LogP contribution is 2.08. The molecule has 0 aromatic heterocycles. The molecule has 0 fully saturated rings. The van der Waals surface area contributed by atoms with E-state index < -0.39 is 18.0 Å². The first-order chi connectivity index (χ1) is 9.36. The second kappa shape index (κ2) is 10.8. The zero-order valence-electron chi connectivity index (χ0n) is 12.9. The van der Waals surface area contributed by atoms with Crippen molar-refractivity contribution in [2.45, 2.75) is 58.5 Å². The Kier molecular flexibility index (Phi) is 10.3. The Labute approximate surface area is 126 Å². The van der Waals surface area contributed by atoms with E-state index in [-0.39, 0.29) is 6.04 Å². The van der Waals surface area contributed by atoms with E-state index in [4.69, 9.17) is 5.11 Å². The van der Waals surface area contributed by atoms with Crippen molar-refractivity contribution in [3.63, 3.8) is 0 Å². The van der Waals surface area contributed by atoms with Crippen molar-refractivity contribution >= 4 is 23.8 Å². The fourth-order valence-corrected chi connectivity index (χ4v) is 2.29. The minimum atomic E-state index is -0.985. The standard InChI is InChI=1S/C14H28N2O3S/c1-10(2)6-5-7-11(3)15-14(19)16-12(13(17)18)8-9-20-4/h10-12H,5-9H2,1-4H3,(H,17,18)(H2,15,16,19)/t11?,12-/m1/s1. The van der Waals surface area contributed by atoms with Crippen molar-refractivity contribution in [1.82, 2.24) is 10.6 Å². The van der Waals surface area contributed by atoms with Gasteiger partial charge >= 0.3 is 12.0 Å². The zero-order valence-corrected chi connectivity index (χ0v) is 13.8. The van der Waals surface area contributed by atoms with Gasteiger partial charge in [0.2, 0.25) is 0 Å². The van der Waals surface area contributed by atoms with Gasteiger partial charge in [0.1, 0.15) is 6.04 Å². The smallest absolute Gasteiger partial charge is 0.326 e. The van der Waals surface area contributed by atoms with Gasteiger partial charge < -0.3 is 15.7 Å². The molecular formula is C14H28N2O3S.